The maximum atomic E-state index is 13.5. The molecule has 1 aliphatic heterocycles. The molecule has 2 heterocycles. The van der Waals surface area contributed by atoms with E-state index in [1.165, 1.54) is 5.56 Å². The van der Waals surface area contributed by atoms with Crippen LogP contribution in [-0.4, -0.2) is 24.5 Å². The number of rotatable bonds is 3. The Balaban J connectivity index is 1.57. The smallest absolute Gasteiger partial charge is 0.237 e. The van der Waals surface area contributed by atoms with Crippen LogP contribution in [0, 0.1) is 0 Å². The lowest BCUT2D eigenvalue weighted by Gasteiger charge is -2.24. The highest BCUT2D eigenvalue weighted by atomic mass is 16.5. The minimum absolute atomic E-state index is 0.237. The number of methoxy groups -OCH3 is 1. The van der Waals surface area contributed by atoms with E-state index in [1.807, 2.05) is 41.4 Å². The quantitative estimate of drug-likeness (QED) is 0.793. The summed E-state index contributed by atoms with van der Waals surface area (Å²) in [4.78, 5) is 18.8. The summed E-state index contributed by atoms with van der Waals surface area (Å²) in [6, 6.07) is 14.2. The number of aromatic nitrogens is 1. The number of amides is 1. The summed E-state index contributed by atoms with van der Waals surface area (Å²) in [5, 5.41) is 1.10. The number of carbonyl (C=O) groups excluding carboxylic acids is 1. The van der Waals surface area contributed by atoms with E-state index in [0.29, 0.717) is 0 Å². The second-order valence-corrected chi connectivity index (χ2v) is 7.03. The molecular weight excluding hydrogens is 312 g/mol. The minimum Gasteiger partial charge on any atom is -0.497 e. The van der Waals surface area contributed by atoms with Gasteiger partial charge in [0.1, 0.15) is 5.75 Å². The summed E-state index contributed by atoms with van der Waals surface area (Å²) in [7, 11) is 1.67. The van der Waals surface area contributed by atoms with Crippen molar-refractivity contribution in [2.24, 2.45) is 0 Å². The Labute approximate surface area is 146 Å². The zero-order valence-electron chi connectivity index (χ0n) is 14.2. The number of aromatic amines is 1. The Morgan fingerprint density at radius 3 is 2.84 bits per heavy atom. The lowest BCUT2D eigenvalue weighted by molar-refractivity contribution is -0.120. The fourth-order valence-corrected chi connectivity index (χ4v) is 4.15. The van der Waals surface area contributed by atoms with Crippen molar-refractivity contribution >= 4 is 22.5 Å². The molecule has 25 heavy (non-hydrogen) atoms. The largest absolute Gasteiger partial charge is 0.497 e. The first kappa shape index (κ1) is 14.6. The maximum absolute atomic E-state index is 13.5. The molecule has 3 aromatic rings. The van der Waals surface area contributed by atoms with E-state index in [2.05, 4.69) is 17.1 Å². The second-order valence-electron chi connectivity index (χ2n) is 7.03. The fraction of sp³-hybridized carbons (Fsp3) is 0.286. The zero-order chi connectivity index (χ0) is 17.0. The molecule has 0 atom stereocenters. The van der Waals surface area contributed by atoms with Crippen molar-refractivity contribution in [3.05, 3.63) is 59.8 Å². The summed E-state index contributed by atoms with van der Waals surface area (Å²) >= 11 is 0. The zero-order valence-corrected chi connectivity index (χ0v) is 14.2. The number of hydrogen-bond donors (Lipinski definition) is 1. The highest BCUT2D eigenvalue weighted by Crippen LogP contribution is 2.53. The van der Waals surface area contributed by atoms with Crippen molar-refractivity contribution < 1.29 is 9.53 Å². The molecule has 1 aliphatic carbocycles. The third kappa shape index (κ3) is 2.03. The average molecular weight is 332 g/mol. The predicted octanol–water partition coefficient (Wildman–Crippen LogP) is 3.80. The molecule has 0 spiro atoms. The molecule has 5 rings (SSSR count). The summed E-state index contributed by atoms with van der Waals surface area (Å²) in [5.74, 6) is 1.06. The van der Waals surface area contributed by atoms with Gasteiger partial charge in [-0.3, -0.25) is 4.79 Å². The molecule has 0 unspecified atom stereocenters. The first-order chi connectivity index (χ1) is 12.2. The number of fused-ring (bicyclic) bond motifs is 2. The number of nitrogens with one attached hydrogen (secondary N) is 1. The molecule has 1 N–H and O–H groups in total. The Hall–Kier alpha value is -2.75. The highest BCUT2D eigenvalue weighted by molar-refractivity contribution is 6.07. The lowest BCUT2D eigenvalue weighted by Crippen LogP contribution is -2.38. The van der Waals surface area contributed by atoms with Crippen molar-refractivity contribution in [1.29, 1.82) is 0 Å². The van der Waals surface area contributed by atoms with Gasteiger partial charge in [-0.25, -0.2) is 0 Å². The molecule has 0 radical (unpaired) electrons. The SMILES string of the molecule is COc1ccc2[nH]cc(C3(C(=O)N4CCc5ccccc54)CC3)c2c1. The summed E-state index contributed by atoms with van der Waals surface area (Å²) in [6.07, 6.45) is 4.78. The van der Waals surface area contributed by atoms with Crippen molar-refractivity contribution in [2.75, 3.05) is 18.6 Å². The highest BCUT2D eigenvalue weighted by Gasteiger charge is 2.55. The van der Waals surface area contributed by atoms with E-state index in [-0.39, 0.29) is 11.3 Å². The van der Waals surface area contributed by atoms with Crippen LogP contribution in [0.4, 0.5) is 5.69 Å². The van der Waals surface area contributed by atoms with Gasteiger partial charge in [0.15, 0.2) is 0 Å². The average Bonchev–Trinajstić information content (AvgIpc) is 3.16. The lowest BCUT2D eigenvalue weighted by atomic mass is 9.93. The van der Waals surface area contributed by atoms with Gasteiger partial charge in [-0.1, -0.05) is 18.2 Å². The van der Waals surface area contributed by atoms with E-state index < -0.39 is 0 Å². The summed E-state index contributed by atoms with van der Waals surface area (Å²) in [6.45, 7) is 0.783. The van der Waals surface area contributed by atoms with E-state index in [1.54, 1.807) is 7.11 Å². The summed E-state index contributed by atoms with van der Waals surface area (Å²) in [5.41, 5.74) is 4.12. The van der Waals surface area contributed by atoms with Crippen LogP contribution >= 0.6 is 0 Å². The number of anilines is 1. The van der Waals surface area contributed by atoms with Gasteiger partial charge in [0.2, 0.25) is 5.91 Å². The molecular formula is C21H20N2O2. The molecule has 1 aromatic heterocycles. The van der Waals surface area contributed by atoms with Crippen molar-refractivity contribution in [3.8, 4) is 5.75 Å². The van der Waals surface area contributed by atoms with Gasteiger partial charge in [-0.2, -0.15) is 0 Å². The molecule has 4 heteroatoms. The number of benzene rings is 2. The maximum Gasteiger partial charge on any atom is 0.237 e. The van der Waals surface area contributed by atoms with Gasteiger partial charge >= 0.3 is 0 Å². The molecule has 126 valence electrons. The van der Waals surface area contributed by atoms with Crippen LogP contribution in [0.2, 0.25) is 0 Å². The van der Waals surface area contributed by atoms with Crippen molar-refractivity contribution in [2.45, 2.75) is 24.7 Å². The Bertz CT molecular complexity index is 984. The minimum atomic E-state index is -0.387. The van der Waals surface area contributed by atoms with Gasteiger partial charge in [0.25, 0.3) is 0 Å². The summed E-state index contributed by atoms with van der Waals surface area (Å²) < 4.78 is 5.38. The first-order valence-corrected chi connectivity index (χ1v) is 8.78. The predicted molar refractivity (Wildman–Crippen MR) is 98.3 cm³/mol. The van der Waals surface area contributed by atoms with Gasteiger partial charge in [-0.15, -0.1) is 0 Å². The fourth-order valence-electron chi connectivity index (χ4n) is 4.15. The van der Waals surface area contributed by atoms with Crippen LogP contribution in [0.15, 0.2) is 48.7 Å². The van der Waals surface area contributed by atoms with Crippen molar-refractivity contribution in [1.82, 2.24) is 4.98 Å². The van der Waals surface area contributed by atoms with Gasteiger partial charge in [-0.05, 0) is 54.7 Å². The molecule has 1 amide bonds. The molecule has 1 saturated carbocycles. The number of para-hydroxylation sites is 1. The molecule has 4 nitrogen and oxygen atoms in total. The standard InChI is InChI=1S/C21H20N2O2/c1-25-15-6-7-18-16(12-15)17(13-22-18)21(9-10-21)20(24)23-11-8-14-4-2-3-5-19(14)23/h2-7,12-13,22H,8-11H2,1H3. The van der Waals surface area contributed by atoms with Crippen LogP contribution in [0.1, 0.15) is 24.0 Å². The Kier molecular flexibility index (Phi) is 2.99. The number of carbonyl (C=O) groups is 1. The van der Waals surface area contributed by atoms with Crippen LogP contribution in [0.5, 0.6) is 5.75 Å². The number of H-pyrrole nitrogens is 1. The van der Waals surface area contributed by atoms with Crippen LogP contribution < -0.4 is 9.64 Å². The van der Waals surface area contributed by atoms with E-state index in [4.69, 9.17) is 4.74 Å². The van der Waals surface area contributed by atoms with E-state index >= 15 is 0 Å². The molecule has 1 fully saturated rings. The normalized spacial score (nSPS) is 17.6. The molecule has 0 bridgehead atoms. The third-order valence-corrected chi connectivity index (χ3v) is 5.70. The molecule has 2 aromatic carbocycles. The molecule has 0 saturated heterocycles. The number of hydrogen-bond acceptors (Lipinski definition) is 2. The van der Waals surface area contributed by atoms with E-state index in [0.717, 1.165) is 53.7 Å². The van der Waals surface area contributed by atoms with Crippen molar-refractivity contribution in [3.63, 3.8) is 0 Å². The monoisotopic (exact) mass is 332 g/mol. The number of nitrogens with zero attached hydrogens (tertiary/aromatic N) is 1. The molecule has 2 aliphatic rings. The van der Waals surface area contributed by atoms with E-state index in [9.17, 15) is 4.79 Å². The van der Waals surface area contributed by atoms with Gasteiger partial charge in [0, 0.05) is 29.3 Å². The third-order valence-electron chi connectivity index (χ3n) is 5.70. The Morgan fingerprint density at radius 1 is 1.20 bits per heavy atom. The van der Waals surface area contributed by atoms with Crippen LogP contribution in [-0.2, 0) is 16.6 Å². The van der Waals surface area contributed by atoms with Crippen LogP contribution in [0.3, 0.4) is 0 Å². The Morgan fingerprint density at radius 2 is 2.04 bits per heavy atom. The number of ether oxygens (including phenoxy) is 1. The second kappa shape index (κ2) is 5.12. The topological polar surface area (TPSA) is 45.3 Å². The first-order valence-electron chi connectivity index (χ1n) is 8.78. The van der Waals surface area contributed by atoms with Gasteiger partial charge < -0.3 is 14.6 Å². The van der Waals surface area contributed by atoms with Crippen LogP contribution in [0.25, 0.3) is 10.9 Å². The van der Waals surface area contributed by atoms with Gasteiger partial charge in [0.05, 0.1) is 12.5 Å².